The van der Waals surface area contributed by atoms with E-state index >= 15 is 0 Å². The lowest BCUT2D eigenvalue weighted by Crippen LogP contribution is -2.64. The van der Waals surface area contributed by atoms with Gasteiger partial charge in [-0.2, -0.15) is 0 Å². The molecule has 1 aromatic carbocycles. The van der Waals surface area contributed by atoms with Crippen molar-refractivity contribution in [2.45, 2.75) is 57.2 Å². The molecule has 1 aliphatic rings. The predicted molar refractivity (Wildman–Crippen MR) is 100 cm³/mol. The second-order valence-electron chi connectivity index (χ2n) is 6.91. The number of nitrogens with two attached hydrogens (primary N) is 1. The first-order valence-corrected chi connectivity index (χ1v) is 9.35. The zero-order chi connectivity index (χ0) is 20.0. The van der Waals surface area contributed by atoms with Gasteiger partial charge in [-0.3, -0.25) is 14.5 Å². The molecule has 1 aliphatic heterocycles. The average molecular weight is 376 g/mol. The molecule has 27 heavy (non-hydrogen) atoms. The second kappa shape index (κ2) is 9.10. The van der Waals surface area contributed by atoms with Crippen molar-refractivity contribution in [3.63, 3.8) is 0 Å². The summed E-state index contributed by atoms with van der Waals surface area (Å²) >= 11 is 0. The number of carboxylic acid groups (broad SMARTS) is 1. The molecule has 148 valence electrons. The summed E-state index contributed by atoms with van der Waals surface area (Å²) in [4.78, 5) is 39.1. The number of carbonyl (C=O) groups excluding carboxylic acids is 2. The van der Waals surface area contributed by atoms with Gasteiger partial charge in [0.1, 0.15) is 6.04 Å². The quantitative estimate of drug-likeness (QED) is 0.495. The van der Waals surface area contributed by atoms with Crippen LogP contribution in [0.15, 0.2) is 30.3 Å². The summed E-state index contributed by atoms with van der Waals surface area (Å²) in [5, 5.41) is 9.93. The van der Waals surface area contributed by atoms with Crippen molar-refractivity contribution >= 4 is 17.7 Å². The van der Waals surface area contributed by atoms with Crippen LogP contribution in [0, 0.1) is 0 Å². The molecule has 0 spiro atoms. The highest BCUT2D eigenvalue weighted by atomic mass is 16.5. The summed E-state index contributed by atoms with van der Waals surface area (Å²) in [6.07, 6.45) is 1.59. The SMILES string of the molecule is CCOC(=O)[C@H](CCc1ccccc1)N1CCC[C@@]1(C(=O)O)C(=O)[C@H](C)N. The fraction of sp³-hybridized carbons (Fsp3) is 0.550. The molecule has 1 fully saturated rings. The van der Waals surface area contributed by atoms with Gasteiger partial charge in [0.2, 0.25) is 0 Å². The number of rotatable bonds is 9. The number of hydrogen-bond acceptors (Lipinski definition) is 6. The average Bonchev–Trinajstić information content (AvgIpc) is 3.08. The first-order valence-electron chi connectivity index (χ1n) is 9.35. The minimum Gasteiger partial charge on any atom is -0.480 e. The van der Waals surface area contributed by atoms with Crippen LogP contribution in [0.25, 0.3) is 0 Å². The number of aryl methyl sites for hydroxylation is 1. The van der Waals surface area contributed by atoms with Crippen LogP contribution in [0.4, 0.5) is 0 Å². The molecule has 7 nitrogen and oxygen atoms in total. The van der Waals surface area contributed by atoms with Crippen molar-refractivity contribution in [3.8, 4) is 0 Å². The number of esters is 1. The lowest BCUT2D eigenvalue weighted by Gasteiger charge is -2.38. The van der Waals surface area contributed by atoms with Crippen LogP contribution in [-0.4, -0.2) is 58.5 Å². The number of aliphatic carboxylic acids is 1. The number of nitrogens with zero attached hydrogens (tertiary/aromatic N) is 1. The Bertz CT molecular complexity index is 676. The van der Waals surface area contributed by atoms with Crippen LogP contribution in [0.3, 0.4) is 0 Å². The van der Waals surface area contributed by atoms with Gasteiger partial charge in [0, 0.05) is 6.54 Å². The molecule has 3 N–H and O–H groups in total. The standard InChI is InChI=1S/C20H28N2O5/c1-3-27-18(24)16(11-10-15-8-5-4-6-9-15)22-13-7-12-20(22,19(25)26)17(23)14(2)21/h4-6,8-9,14,16H,3,7,10-13,21H2,1-2H3,(H,25,26)/t14-,16-,20-/m0/s1. The third-order valence-electron chi connectivity index (χ3n) is 5.09. The first-order chi connectivity index (χ1) is 12.8. The van der Waals surface area contributed by atoms with E-state index in [1.165, 1.54) is 11.8 Å². The van der Waals surface area contributed by atoms with Gasteiger partial charge in [-0.1, -0.05) is 30.3 Å². The molecule has 0 unspecified atom stereocenters. The van der Waals surface area contributed by atoms with Crippen molar-refractivity contribution in [1.82, 2.24) is 4.90 Å². The van der Waals surface area contributed by atoms with Gasteiger partial charge in [-0.25, -0.2) is 4.79 Å². The van der Waals surface area contributed by atoms with Crippen molar-refractivity contribution in [3.05, 3.63) is 35.9 Å². The van der Waals surface area contributed by atoms with E-state index in [0.29, 0.717) is 25.8 Å². The van der Waals surface area contributed by atoms with Crippen LogP contribution in [0.1, 0.15) is 38.7 Å². The third kappa shape index (κ3) is 4.36. The summed E-state index contributed by atoms with van der Waals surface area (Å²) in [5.74, 6) is -2.32. The Kier molecular flexibility index (Phi) is 7.10. The summed E-state index contributed by atoms with van der Waals surface area (Å²) in [7, 11) is 0. The Hall–Kier alpha value is -2.25. The van der Waals surface area contributed by atoms with Crippen LogP contribution in [0.5, 0.6) is 0 Å². The van der Waals surface area contributed by atoms with Gasteiger partial charge in [0.25, 0.3) is 0 Å². The minimum absolute atomic E-state index is 0.143. The highest BCUT2D eigenvalue weighted by Gasteiger charge is 2.57. The third-order valence-corrected chi connectivity index (χ3v) is 5.09. The van der Waals surface area contributed by atoms with E-state index in [-0.39, 0.29) is 13.0 Å². The molecule has 1 saturated heterocycles. The topological polar surface area (TPSA) is 110 Å². The molecule has 0 amide bonds. The smallest absolute Gasteiger partial charge is 0.332 e. The Balaban J connectivity index is 2.35. The normalized spacial score (nSPS) is 22.2. The number of hydrogen-bond donors (Lipinski definition) is 2. The Morgan fingerprint density at radius 1 is 1.30 bits per heavy atom. The monoisotopic (exact) mass is 376 g/mol. The lowest BCUT2D eigenvalue weighted by atomic mass is 9.85. The number of carboxylic acids is 1. The van der Waals surface area contributed by atoms with E-state index in [1.54, 1.807) is 6.92 Å². The van der Waals surface area contributed by atoms with Gasteiger partial charge >= 0.3 is 11.9 Å². The molecule has 1 aromatic rings. The molecular formula is C20H28N2O5. The van der Waals surface area contributed by atoms with Crippen LogP contribution in [-0.2, 0) is 25.5 Å². The maximum Gasteiger partial charge on any atom is 0.332 e. The number of benzene rings is 1. The Morgan fingerprint density at radius 3 is 2.52 bits per heavy atom. The summed E-state index contributed by atoms with van der Waals surface area (Å²) in [6, 6.07) is 7.87. The van der Waals surface area contributed by atoms with Gasteiger partial charge < -0.3 is 15.6 Å². The van der Waals surface area contributed by atoms with E-state index in [9.17, 15) is 19.5 Å². The Labute approximate surface area is 159 Å². The van der Waals surface area contributed by atoms with Gasteiger partial charge in [0.15, 0.2) is 11.3 Å². The molecule has 0 saturated carbocycles. The van der Waals surface area contributed by atoms with Crippen molar-refractivity contribution in [2.75, 3.05) is 13.2 Å². The largest absolute Gasteiger partial charge is 0.480 e. The summed E-state index contributed by atoms with van der Waals surface area (Å²) in [5.41, 5.74) is 5.00. The predicted octanol–water partition coefficient (Wildman–Crippen LogP) is 1.39. The maximum absolute atomic E-state index is 12.8. The molecule has 2 rings (SSSR count). The number of ether oxygens (including phenoxy) is 1. The lowest BCUT2D eigenvalue weighted by molar-refractivity contribution is -0.163. The summed E-state index contributed by atoms with van der Waals surface area (Å²) in [6.45, 7) is 3.71. The van der Waals surface area contributed by atoms with Crippen LogP contribution >= 0.6 is 0 Å². The van der Waals surface area contributed by atoms with Crippen molar-refractivity contribution in [2.24, 2.45) is 5.73 Å². The molecule has 0 aliphatic carbocycles. The molecule has 7 heteroatoms. The summed E-state index contributed by atoms with van der Waals surface area (Å²) < 4.78 is 5.20. The molecule has 3 atom stereocenters. The van der Waals surface area contributed by atoms with E-state index in [4.69, 9.17) is 10.5 Å². The molecule has 0 radical (unpaired) electrons. The highest BCUT2D eigenvalue weighted by Crippen LogP contribution is 2.35. The van der Waals surface area contributed by atoms with E-state index in [1.807, 2.05) is 30.3 Å². The Morgan fingerprint density at radius 2 is 1.96 bits per heavy atom. The van der Waals surface area contributed by atoms with E-state index in [0.717, 1.165) is 5.56 Å². The molecule has 0 aromatic heterocycles. The number of ketones is 1. The van der Waals surface area contributed by atoms with Gasteiger partial charge in [0.05, 0.1) is 12.6 Å². The van der Waals surface area contributed by atoms with Crippen molar-refractivity contribution in [1.29, 1.82) is 0 Å². The number of likely N-dealkylation sites (tertiary alicyclic amines) is 1. The maximum atomic E-state index is 12.8. The fourth-order valence-electron chi connectivity index (χ4n) is 3.83. The van der Waals surface area contributed by atoms with Crippen LogP contribution in [0.2, 0.25) is 0 Å². The molecular weight excluding hydrogens is 348 g/mol. The van der Waals surface area contributed by atoms with E-state index in [2.05, 4.69) is 0 Å². The first kappa shape index (κ1) is 21.1. The van der Waals surface area contributed by atoms with Gasteiger partial charge in [-0.05, 0) is 45.1 Å². The van der Waals surface area contributed by atoms with Gasteiger partial charge in [-0.15, -0.1) is 0 Å². The molecule has 1 heterocycles. The second-order valence-corrected chi connectivity index (χ2v) is 6.91. The van der Waals surface area contributed by atoms with Crippen LogP contribution < -0.4 is 5.73 Å². The van der Waals surface area contributed by atoms with E-state index < -0.39 is 35.3 Å². The fourth-order valence-corrected chi connectivity index (χ4v) is 3.83. The zero-order valence-corrected chi connectivity index (χ0v) is 15.9. The minimum atomic E-state index is -1.78. The zero-order valence-electron chi connectivity index (χ0n) is 15.9. The molecule has 0 bridgehead atoms. The highest BCUT2D eigenvalue weighted by molar-refractivity contribution is 6.10. The number of Topliss-reactive ketones (excluding diaryl/α,β-unsaturated/α-hetero) is 1. The van der Waals surface area contributed by atoms with Crippen molar-refractivity contribution < 1.29 is 24.2 Å². The number of carbonyl (C=O) groups is 3.